The van der Waals surface area contributed by atoms with Gasteiger partial charge in [0, 0.05) is 24.5 Å². The second-order valence-corrected chi connectivity index (χ2v) is 9.21. The van der Waals surface area contributed by atoms with Crippen LogP contribution in [0.25, 0.3) is 28.3 Å². The molecule has 8 nitrogen and oxygen atoms in total. The van der Waals surface area contributed by atoms with Gasteiger partial charge in [-0.2, -0.15) is 0 Å². The highest BCUT2D eigenvalue weighted by atomic mass is 19.1. The smallest absolute Gasteiger partial charge is 0.414 e. The molecule has 0 bridgehead atoms. The number of nitrogens with one attached hydrogen (secondary N) is 1. The molecule has 34 heavy (non-hydrogen) atoms. The highest BCUT2D eigenvalue weighted by Crippen LogP contribution is 2.32. The molecular weight excluding hydrogens is 435 g/mol. The Kier molecular flexibility index (Phi) is 6.30. The molecule has 1 N–H and O–H groups in total. The number of ether oxygens (including phenoxy) is 1. The van der Waals surface area contributed by atoms with Crippen molar-refractivity contribution in [2.24, 2.45) is 0 Å². The van der Waals surface area contributed by atoms with E-state index in [0.29, 0.717) is 17.1 Å². The van der Waals surface area contributed by atoms with Crippen molar-refractivity contribution in [1.82, 2.24) is 24.3 Å². The van der Waals surface area contributed by atoms with Gasteiger partial charge < -0.3 is 9.64 Å². The molecule has 0 aliphatic heterocycles. The summed E-state index contributed by atoms with van der Waals surface area (Å²) >= 11 is 0. The zero-order valence-corrected chi connectivity index (χ0v) is 19.8. The van der Waals surface area contributed by atoms with Crippen LogP contribution in [0.1, 0.15) is 26.3 Å². The van der Waals surface area contributed by atoms with Gasteiger partial charge in [-0.1, -0.05) is 0 Å². The Bertz CT molecular complexity index is 1330. The van der Waals surface area contributed by atoms with Crippen molar-refractivity contribution in [3.63, 3.8) is 0 Å². The van der Waals surface area contributed by atoms with Crippen LogP contribution in [-0.2, 0) is 11.3 Å². The first kappa shape index (κ1) is 23.3. The molecular formula is C25H27FN6O2. The SMILES string of the molecule is CN(C)Cc1ccn2c(-c3ccnc(NC(=O)OC(C)(C)C)n3)c(-c3ccc(F)cc3)nc2c1. The Balaban J connectivity index is 1.81. The van der Waals surface area contributed by atoms with Gasteiger partial charge in [0.1, 0.15) is 17.1 Å². The van der Waals surface area contributed by atoms with E-state index in [9.17, 15) is 9.18 Å². The minimum Gasteiger partial charge on any atom is -0.444 e. The quantitative estimate of drug-likeness (QED) is 0.449. The molecule has 3 heterocycles. The average Bonchev–Trinajstić information content (AvgIpc) is 3.11. The van der Waals surface area contributed by atoms with Gasteiger partial charge in [-0.05, 0) is 82.9 Å². The van der Waals surface area contributed by atoms with Crippen molar-refractivity contribution in [3.05, 3.63) is 66.2 Å². The second kappa shape index (κ2) is 9.18. The monoisotopic (exact) mass is 462 g/mol. The third-order valence-electron chi connectivity index (χ3n) is 4.82. The second-order valence-electron chi connectivity index (χ2n) is 9.21. The topological polar surface area (TPSA) is 84.7 Å². The molecule has 9 heteroatoms. The van der Waals surface area contributed by atoms with Gasteiger partial charge in [-0.25, -0.2) is 24.1 Å². The van der Waals surface area contributed by atoms with Crippen molar-refractivity contribution >= 4 is 17.7 Å². The molecule has 4 rings (SSSR count). The number of benzene rings is 1. The molecule has 0 aliphatic carbocycles. The van der Waals surface area contributed by atoms with Crippen LogP contribution in [0, 0.1) is 5.82 Å². The van der Waals surface area contributed by atoms with Gasteiger partial charge >= 0.3 is 6.09 Å². The predicted octanol–water partition coefficient (Wildman–Crippen LogP) is 5.01. The number of nitrogens with zero attached hydrogens (tertiary/aromatic N) is 5. The molecule has 0 aliphatic rings. The van der Waals surface area contributed by atoms with Crippen molar-refractivity contribution in [2.75, 3.05) is 19.4 Å². The van der Waals surface area contributed by atoms with E-state index in [1.165, 1.54) is 12.1 Å². The maximum atomic E-state index is 13.6. The number of hydrogen-bond acceptors (Lipinski definition) is 6. The van der Waals surface area contributed by atoms with Gasteiger partial charge in [0.05, 0.1) is 17.1 Å². The van der Waals surface area contributed by atoms with E-state index in [1.807, 2.05) is 36.8 Å². The molecule has 4 aromatic rings. The Morgan fingerprint density at radius 1 is 1.12 bits per heavy atom. The molecule has 1 amide bonds. The van der Waals surface area contributed by atoms with Crippen LogP contribution in [0.15, 0.2) is 54.9 Å². The lowest BCUT2D eigenvalue weighted by molar-refractivity contribution is 0.0634. The lowest BCUT2D eigenvalue weighted by atomic mass is 10.1. The summed E-state index contributed by atoms with van der Waals surface area (Å²) in [6.07, 6.45) is 2.85. The van der Waals surface area contributed by atoms with Gasteiger partial charge in [0.2, 0.25) is 5.95 Å². The van der Waals surface area contributed by atoms with E-state index in [4.69, 9.17) is 9.72 Å². The fourth-order valence-electron chi connectivity index (χ4n) is 3.55. The number of amides is 1. The fraction of sp³-hybridized carbons (Fsp3) is 0.280. The fourth-order valence-corrected chi connectivity index (χ4v) is 3.55. The first-order valence-corrected chi connectivity index (χ1v) is 10.8. The number of fused-ring (bicyclic) bond motifs is 1. The Morgan fingerprint density at radius 2 is 1.85 bits per heavy atom. The van der Waals surface area contributed by atoms with Gasteiger partial charge in [-0.15, -0.1) is 0 Å². The average molecular weight is 463 g/mol. The summed E-state index contributed by atoms with van der Waals surface area (Å²) in [6.45, 7) is 6.10. The van der Waals surface area contributed by atoms with Crippen LogP contribution >= 0.6 is 0 Å². The number of carbonyl (C=O) groups excluding carboxylic acids is 1. The number of rotatable bonds is 5. The van der Waals surface area contributed by atoms with Crippen molar-refractivity contribution in [2.45, 2.75) is 32.9 Å². The predicted molar refractivity (Wildman–Crippen MR) is 129 cm³/mol. The number of anilines is 1. The van der Waals surface area contributed by atoms with E-state index in [0.717, 1.165) is 23.3 Å². The van der Waals surface area contributed by atoms with Crippen LogP contribution in [0.5, 0.6) is 0 Å². The van der Waals surface area contributed by atoms with Crippen LogP contribution in [-0.4, -0.2) is 50.0 Å². The summed E-state index contributed by atoms with van der Waals surface area (Å²) in [5.74, 6) is -0.218. The highest BCUT2D eigenvalue weighted by molar-refractivity contribution is 5.84. The normalized spacial score (nSPS) is 11.7. The third-order valence-corrected chi connectivity index (χ3v) is 4.82. The van der Waals surface area contributed by atoms with Gasteiger partial charge in [-0.3, -0.25) is 9.72 Å². The summed E-state index contributed by atoms with van der Waals surface area (Å²) in [5.41, 5.74) is 3.83. The summed E-state index contributed by atoms with van der Waals surface area (Å²) in [7, 11) is 4.01. The molecule has 0 unspecified atom stereocenters. The number of aromatic nitrogens is 4. The minimum atomic E-state index is -0.649. The van der Waals surface area contributed by atoms with Gasteiger partial charge in [0.15, 0.2) is 0 Å². The van der Waals surface area contributed by atoms with E-state index >= 15 is 0 Å². The molecule has 0 atom stereocenters. The summed E-state index contributed by atoms with van der Waals surface area (Å²) in [6, 6.07) is 11.9. The number of carbonyl (C=O) groups is 1. The lowest BCUT2D eigenvalue weighted by Crippen LogP contribution is -2.27. The van der Waals surface area contributed by atoms with Crippen LogP contribution in [0.2, 0.25) is 0 Å². The zero-order valence-electron chi connectivity index (χ0n) is 19.8. The van der Waals surface area contributed by atoms with Crippen molar-refractivity contribution in [3.8, 4) is 22.6 Å². The Hall–Kier alpha value is -3.85. The Morgan fingerprint density at radius 3 is 2.53 bits per heavy atom. The number of halogens is 1. The number of pyridine rings is 1. The minimum absolute atomic E-state index is 0.107. The molecule has 1 aromatic carbocycles. The molecule has 0 fully saturated rings. The number of hydrogen-bond donors (Lipinski definition) is 1. The van der Waals surface area contributed by atoms with Crippen LogP contribution in [0.3, 0.4) is 0 Å². The van der Waals surface area contributed by atoms with E-state index in [1.54, 1.807) is 45.2 Å². The van der Waals surface area contributed by atoms with Crippen LogP contribution < -0.4 is 5.32 Å². The molecule has 0 radical (unpaired) electrons. The van der Waals surface area contributed by atoms with Crippen LogP contribution in [0.4, 0.5) is 15.1 Å². The van der Waals surface area contributed by atoms with Crippen molar-refractivity contribution < 1.29 is 13.9 Å². The maximum absolute atomic E-state index is 13.6. The van der Waals surface area contributed by atoms with E-state index in [-0.39, 0.29) is 11.8 Å². The summed E-state index contributed by atoms with van der Waals surface area (Å²) in [5, 5.41) is 2.58. The number of imidazole rings is 1. The van der Waals surface area contributed by atoms with E-state index in [2.05, 4.69) is 20.2 Å². The van der Waals surface area contributed by atoms with Gasteiger partial charge in [0.25, 0.3) is 0 Å². The molecule has 0 saturated carbocycles. The highest BCUT2D eigenvalue weighted by Gasteiger charge is 2.20. The Labute approximate surface area is 197 Å². The zero-order chi connectivity index (χ0) is 24.5. The van der Waals surface area contributed by atoms with Crippen molar-refractivity contribution in [1.29, 1.82) is 0 Å². The third kappa shape index (κ3) is 5.37. The van der Waals surface area contributed by atoms with E-state index < -0.39 is 11.7 Å². The summed E-state index contributed by atoms with van der Waals surface area (Å²) < 4.78 is 20.8. The summed E-state index contributed by atoms with van der Waals surface area (Å²) in [4.78, 5) is 27.8. The molecule has 3 aromatic heterocycles. The largest absolute Gasteiger partial charge is 0.444 e. The molecule has 0 spiro atoms. The standard InChI is InChI=1S/C25H27FN6O2/c1-25(2,3)34-24(33)30-23-27-12-10-19(28-23)22-21(17-6-8-18(26)9-7-17)29-20-14-16(15-31(4)5)11-13-32(20)22/h6-14H,15H2,1-5H3,(H,27,28,30,33). The lowest BCUT2D eigenvalue weighted by Gasteiger charge is -2.19. The first-order valence-electron chi connectivity index (χ1n) is 10.8. The first-order chi connectivity index (χ1) is 16.1. The molecule has 0 saturated heterocycles. The maximum Gasteiger partial charge on any atom is 0.414 e. The molecule has 176 valence electrons.